The summed E-state index contributed by atoms with van der Waals surface area (Å²) in [6, 6.07) is 7.44. The number of benzene rings is 1. The summed E-state index contributed by atoms with van der Waals surface area (Å²) in [7, 11) is 0. The van der Waals surface area contributed by atoms with Crippen molar-refractivity contribution >= 4 is 17.8 Å². The second-order valence-electron chi connectivity index (χ2n) is 6.84. The number of carbonyl (C=O) groups excluding carboxylic acids is 3. The Morgan fingerprint density at radius 1 is 1.28 bits per heavy atom. The molecule has 25 heavy (non-hydrogen) atoms. The van der Waals surface area contributed by atoms with E-state index in [2.05, 4.69) is 28.7 Å². The van der Waals surface area contributed by atoms with Crippen LogP contribution >= 0.6 is 0 Å². The lowest BCUT2D eigenvalue weighted by Gasteiger charge is -2.34. The number of carbonyl (C=O) groups is 3. The van der Waals surface area contributed by atoms with Crippen LogP contribution in [0.1, 0.15) is 43.2 Å². The molecular weight excluding hydrogens is 318 g/mol. The number of terminal acetylenes is 1. The molecular formula is C19H21N3O3. The number of likely N-dealkylation sites (tertiary alicyclic amines) is 1. The molecule has 2 N–H and O–H groups in total. The Balaban J connectivity index is 1.56. The van der Waals surface area contributed by atoms with E-state index in [0.29, 0.717) is 19.0 Å². The van der Waals surface area contributed by atoms with Gasteiger partial charge in [-0.05, 0) is 43.4 Å². The van der Waals surface area contributed by atoms with Crippen LogP contribution < -0.4 is 10.6 Å². The van der Waals surface area contributed by atoms with Crippen LogP contribution in [-0.2, 0) is 9.59 Å². The molecule has 0 radical (unpaired) electrons. The quantitative estimate of drug-likeness (QED) is 0.645. The van der Waals surface area contributed by atoms with Crippen LogP contribution in [-0.4, -0.2) is 41.4 Å². The zero-order valence-electron chi connectivity index (χ0n) is 14.2. The van der Waals surface area contributed by atoms with Gasteiger partial charge in [0.2, 0.25) is 5.91 Å². The largest absolute Gasteiger partial charge is 0.343 e. The van der Waals surface area contributed by atoms with Crippen LogP contribution in [0, 0.1) is 12.3 Å². The second-order valence-corrected chi connectivity index (χ2v) is 6.84. The van der Waals surface area contributed by atoms with Crippen LogP contribution in [0.5, 0.6) is 0 Å². The first kappa shape index (κ1) is 17.0. The molecule has 0 saturated carbocycles. The Morgan fingerprint density at radius 2 is 1.92 bits per heavy atom. The van der Waals surface area contributed by atoms with E-state index in [0.717, 1.165) is 18.4 Å². The van der Waals surface area contributed by atoms with E-state index in [1.165, 1.54) is 5.56 Å². The molecule has 6 nitrogen and oxygen atoms in total. The first-order valence-electron chi connectivity index (χ1n) is 8.39. The normalized spacial score (nSPS) is 23.8. The molecule has 0 aromatic heterocycles. The van der Waals surface area contributed by atoms with Gasteiger partial charge in [-0.15, -0.1) is 6.42 Å². The summed E-state index contributed by atoms with van der Waals surface area (Å²) in [5, 5.41) is 4.71. The van der Waals surface area contributed by atoms with E-state index in [1.54, 1.807) is 11.8 Å². The molecule has 1 aromatic carbocycles. The average molecular weight is 339 g/mol. The van der Waals surface area contributed by atoms with E-state index in [-0.39, 0.29) is 12.3 Å². The fraction of sp³-hybridized carbons (Fsp3) is 0.421. The van der Waals surface area contributed by atoms with Crippen molar-refractivity contribution in [1.29, 1.82) is 0 Å². The number of piperidine rings is 1. The maximum absolute atomic E-state index is 12.5. The lowest BCUT2D eigenvalue weighted by Crippen LogP contribution is -2.49. The Labute approximate surface area is 147 Å². The van der Waals surface area contributed by atoms with E-state index in [4.69, 9.17) is 6.42 Å². The van der Waals surface area contributed by atoms with Gasteiger partial charge in [-0.1, -0.05) is 18.1 Å². The molecule has 2 heterocycles. The van der Waals surface area contributed by atoms with Crippen molar-refractivity contribution in [2.24, 2.45) is 0 Å². The summed E-state index contributed by atoms with van der Waals surface area (Å²) in [6.45, 7) is 2.86. The van der Waals surface area contributed by atoms with E-state index >= 15 is 0 Å². The highest BCUT2D eigenvalue weighted by atomic mass is 16.2. The first-order valence-corrected chi connectivity index (χ1v) is 8.39. The predicted molar refractivity (Wildman–Crippen MR) is 92.6 cm³/mol. The molecule has 4 amide bonds. The van der Waals surface area contributed by atoms with Gasteiger partial charge in [0.05, 0.1) is 6.42 Å². The van der Waals surface area contributed by atoms with Gasteiger partial charge < -0.3 is 10.2 Å². The van der Waals surface area contributed by atoms with Gasteiger partial charge in [0, 0.05) is 18.7 Å². The molecule has 2 saturated heterocycles. The average Bonchev–Trinajstić information content (AvgIpc) is 2.86. The molecule has 2 aliphatic heterocycles. The summed E-state index contributed by atoms with van der Waals surface area (Å²) >= 11 is 0. The van der Waals surface area contributed by atoms with Gasteiger partial charge in [0.25, 0.3) is 5.91 Å². The maximum Gasteiger partial charge on any atom is 0.322 e. The fourth-order valence-corrected chi connectivity index (χ4v) is 3.43. The number of hydrogen-bond donors (Lipinski definition) is 2. The number of amides is 4. The molecule has 130 valence electrons. The molecule has 1 atom stereocenters. The highest BCUT2D eigenvalue weighted by Gasteiger charge is 2.44. The zero-order chi connectivity index (χ0) is 18.0. The molecule has 1 aromatic rings. The smallest absolute Gasteiger partial charge is 0.322 e. The number of imide groups is 1. The summed E-state index contributed by atoms with van der Waals surface area (Å²) < 4.78 is 0. The minimum Gasteiger partial charge on any atom is -0.343 e. The van der Waals surface area contributed by atoms with Crippen molar-refractivity contribution in [3.05, 3.63) is 35.4 Å². The van der Waals surface area contributed by atoms with Crippen LogP contribution in [0.3, 0.4) is 0 Å². The molecule has 0 aliphatic carbocycles. The number of hydrogen-bond acceptors (Lipinski definition) is 3. The third kappa shape index (κ3) is 3.50. The Kier molecular flexibility index (Phi) is 4.49. The SMILES string of the molecule is C#Cc1ccc(C2CCN(C(=O)CC3(C)NC(=O)NC3=O)CC2)cc1. The van der Waals surface area contributed by atoms with Crippen molar-refractivity contribution < 1.29 is 14.4 Å². The van der Waals surface area contributed by atoms with Crippen molar-refractivity contribution in [1.82, 2.24) is 15.5 Å². The molecule has 0 spiro atoms. The third-order valence-corrected chi connectivity index (χ3v) is 5.02. The van der Waals surface area contributed by atoms with Crippen molar-refractivity contribution in [3.63, 3.8) is 0 Å². The third-order valence-electron chi connectivity index (χ3n) is 5.02. The minimum absolute atomic E-state index is 0.0217. The van der Waals surface area contributed by atoms with Crippen molar-refractivity contribution in [3.8, 4) is 12.3 Å². The number of nitrogens with zero attached hydrogens (tertiary/aromatic N) is 1. The lowest BCUT2D eigenvalue weighted by molar-refractivity contribution is -0.137. The number of rotatable bonds is 3. The van der Waals surface area contributed by atoms with Gasteiger partial charge in [0.1, 0.15) is 5.54 Å². The number of nitrogens with one attached hydrogen (secondary N) is 2. The van der Waals surface area contributed by atoms with Crippen LogP contribution in [0.15, 0.2) is 24.3 Å². The molecule has 3 rings (SSSR count). The highest BCUT2D eigenvalue weighted by Crippen LogP contribution is 2.29. The maximum atomic E-state index is 12.5. The molecule has 6 heteroatoms. The summed E-state index contributed by atoms with van der Waals surface area (Å²) in [6.07, 6.45) is 7.10. The first-order chi connectivity index (χ1) is 11.9. The van der Waals surface area contributed by atoms with E-state index < -0.39 is 17.5 Å². The van der Waals surface area contributed by atoms with Crippen LogP contribution in [0.25, 0.3) is 0 Å². The van der Waals surface area contributed by atoms with Gasteiger partial charge in [-0.2, -0.15) is 0 Å². The highest BCUT2D eigenvalue weighted by molar-refractivity contribution is 6.08. The standard InChI is InChI=1S/C19H21N3O3/c1-3-13-4-6-14(7-5-13)15-8-10-22(11-9-15)16(23)12-19(2)17(24)20-18(25)21-19/h1,4-7,15H,8-12H2,2H3,(H2,20,21,24,25). The zero-order valence-corrected chi connectivity index (χ0v) is 14.2. The topological polar surface area (TPSA) is 78.5 Å². The second kappa shape index (κ2) is 6.60. The molecule has 0 bridgehead atoms. The minimum atomic E-state index is -1.16. The van der Waals surface area contributed by atoms with Crippen LogP contribution in [0.4, 0.5) is 4.79 Å². The molecule has 2 fully saturated rings. The van der Waals surface area contributed by atoms with Gasteiger partial charge in [-0.25, -0.2) is 4.79 Å². The Morgan fingerprint density at radius 3 is 2.44 bits per heavy atom. The van der Waals surface area contributed by atoms with Gasteiger partial charge >= 0.3 is 6.03 Å². The summed E-state index contributed by atoms with van der Waals surface area (Å²) in [4.78, 5) is 37.4. The molecule has 2 aliphatic rings. The Bertz CT molecular complexity index is 742. The van der Waals surface area contributed by atoms with Crippen molar-refractivity contribution in [2.75, 3.05) is 13.1 Å². The predicted octanol–water partition coefficient (Wildman–Crippen LogP) is 1.36. The summed E-state index contributed by atoms with van der Waals surface area (Å²) in [5.74, 6) is 2.45. The Hall–Kier alpha value is -2.81. The monoisotopic (exact) mass is 339 g/mol. The number of urea groups is 1. The fourth-order valence-electron chi connectivity index (χ4n) is 3.43. The molecule has 1 unspecified atom stereocenters. The van der Waals surface area contributed by atoms with Gasteiger partial charge in [-0.3, -0.25) is 14.9 Å². The van der Waals surface area contributed by atoms with Crippen LogP contribution in [0.2, 0.25) is 0 Å². The van der Waals surface area contributed by atoms with Gasteiger partial charge in [0.15, 0.2) is 0 Å². The van der Waals surface area contributed by atoms with E-state index in [1.807, 2.05) is 12.1 Å². The van der Waals surface area contributed by atoms with E-state index in [9.17, 15) is 14.4 Å². The lowest BCUT2D eigenvalue weighted by atomic mass is 9.88. The van der Waals surface area contributed by atoms with Crippen molar-refractivity contribution in [2.45, 2.75) is 37.6 Å². The summed E-state index contributed by atoms with van der Waals surface area (Å²) in [5.41, 5.74) is 0.942.